The predicted octanol–water partition coefficient (Wildman–Crippen LogP) is 1.60. The number of rotatable bonds is 9. The van der Waals surface area contributed by atoms with Crippen LogP contribution in [0.4, 0.5) is 0 Å². The first kappa shape index (κ1) is 14.4. The van der Waals surface area contributed by atoms with E-state index in [-0.39, 0.29) is 12.5 Å². The van der Waals surface area contributed by atoms with E-state index >= 15 is 0 Å². The largest absolute Gasteiger partial charge is 0.481 e. The molecule has 0 aliphatic heterocycles. The third-order valence-corrected chi connectivity index (χ3v) is 2.54. The van der Waals surface area contributed by atoms with Crippen molar-refractivity contribution in [3.05, 3.63) is 0 Å². The van der Waals surface area contributed by atoms with Gasteiger partial charge in [0, 0.05) is 19.8 Å². The van der Waals surface area contributed by atoms with E-state index in [1.807, 2.05) is 6.92 Å². The van der Waals surface area contributed by atoms with Gasteiger partial charge >= 0.3 is 5.97 Å². The number of methoxy groups -OCH3 is 1. The summed E-state index contributed by atoms with van der Waals surface area (Å²) in [4.78, 5) is 12.8. The second-order valence-corrected chi connectivity index (χ2v) is 3.78. The van der Waals surface area contributed by atoms with Crippen molar-refractivity contribution in [1.82, 2.24) is 4.90 Å². The summed E-state index contributed by atoms with van der Waals surface area (Å²) >= 11 is 0. The van der Waals surface area contributed by atoms with Crippen LogP contribution in [0.5, 0.6) is 0 Å². The van der Waals surface area contributed by atoms with Crippen molar-refractivity contribution in [3.8, 4) is 0 Å². The lowest BCUT2D eigenvalue weighted by atomic mass is 10.2. The minimum absolute atomic E-state index is 0.120. The molecule has 1 N–H and O–H groups in total. The van der Waals surface area contributed by atoms with Gasteiger partial charge in [0.05, 0.1) is 6.42 Å². The molecule has 15 heavy (non-hydrogen) atoms. The number of hydrogen-bond donors (Lipinski definition) is 1. The summed E-state index contributed by atoms with van der Waals surface area (Å²) < 4.78 is 4.97. The van der Waals surface area contributed by atoms with Crippen LogP contribution in [0.3, 0.4) is 0 Å². The molecule has 1 atom stereocenters. The molecule has 0 saturated carbocycles. The Labute approximate surface area is 92.2 Å². The normalized spacial score (nSPS) is 13.1. The first-order chi connectivity index (χ1) is 7.11. The summed E-state index contributed by atoms with van der Waals surface area (Å²) in [5.74, 6) is -0.724. The standard InChI is InChI=1S/C11H23NO3/c1-4-12(7-5-6-8-15-3)10(2)9-11(13)14/h10H,4-9H2,1-3H3,(H,13,14). The average Bonchev–Trinajstić information content (AvgIpc) is 2.16. The Morgan fingerprint density at radius 2 is 2.13 bits per heavy atom. The van der Waals surface area contributed by atoms with Crippen molar-refractivity contribution in [2.24, 2.45) is 0 Å². The number of nitrogens with zero attached hydrogens (tertiary/aromatic N) is 1. The molecule has 4 heteroatoms. The SMILES string of the molecule is CCN(CCCCOC)C(C)CC(=O)O. The molecule has 0 aromatic carbocycles. The van der Waals surface area contributed by atoms with E-state index in [0.29, 0.717) is 0 Å². The Morgan fingerprint density at radius 3 is 2.60 bits per heavy atom. The van der Waals surface area contributed by atoms with Crippen LogP contribution in [-0.2, 0) is 9.53 Å². The monoisotopic (exact) mass is 217 g/mol. The highest BCUT2D eigenvalue weighted by molar-refractivity contribution is 5.67. The number of carbonyl (C=O) groups is 1. The highest BCUT2D eigenvalue weighted by Gasteiger charge is 2.14. The molecule has 0 bridgehead atoms. The van der Waals surface area contributed by atoms with Crippen molar-refractivity contribution < 1.29 is 14.6 Å². The highest BCUT2D eigenvalue weighted by atomic mass is 16.5. The first-order valence-corrected chi connectivity index (χ1v) is 5.56. The molecule has 0 aromatic heterocycles. The van der Waals surface area contributed by atoms with Gasteiger partial charge < -0.3 is 14.7 Å². The number of ether oxygens (including phenoxy) is 1. The third kappa shape index (κ3) is 7.33. The Morgan fingerprint density at radius 1 is 1.47 bits per heavy atom. The van der Waals surface area contributed by atoms with Crippen molar-refractivity contribution >= 4 is 5.97 Å². The quantitative estimate of drug-likeness (QED) is 0.596. The first-order valence-electron chi connectivity index (χ1n) is 5.56. The fourth-order valence-electron chi connectivity index (χ4n) is 1.63. The third-order valence-electron chi connectivity index (χ3n) is 2.54. The van der Waals surface area contributed by atoms with Gasteiger partial charge in [-0.05, 0) is 32.9 Å². The van der Waals surface area contributed by atoms with Crippen LogP contribution in [0.2, 0.25) is 0 Å². The fourth-order valence-corrected chi connectivity index (χ4v) is 1.63. The van der Waals surface area contributed by atoms with Crippen LogP contribution in [0, 0.1) is 0 Å². The van der Waals surface area contributed by atoms with Gasteiger partial charge in [-0.3, -0.25) is 4.79 Å². The Hall–Kier alpha value is -0.610. The van der Waals surface area contributed by atoms with Crippen LogP contribution in [0.15, 0.2) is 0 Å². The van der Waals surface area contributed by atoms with E-state index in [1.54, 1.807) is 7.11 Å². The lowest BCUT2D eigenvalue weighted by molar-refractivity contribution is -0.138. The van der Waals surface area contributed by atoms with Gasteiger partial charge in [-0.2, -0.15) is 0 Å². The molecule has 0 radical (unpaired) electrons. The van der Waals surface area contributed by atoms with Crippen molar-refractivity contribution in [2.45, 2.75) is 39.2 Å². The second kappa shape index (κ2) is 8.68. The topological polar surface area (TPSA) is 49.8 Å². The lowest BCUT2D eigenvalue weighted by Gasteiger charge is -2.26. The molecule has 0 heterocycles. The zero-order valence-electron chi connectivity index (χ0n) is 10.0. The summed E-state index contributed by atoms with van der Waals surface area (Å²) in [6, 6.07) is 0.120. The predicted molar refractivity (Wildman–Crippen MR) is 60.1 cm³/mol. The van der Waals surface area contributed by atoms with Crippen LogP contribution >= 0.6 is 0 Å². The molecule has 0 fully saturated rings. The van der Waals surface area contributed by atoms with Gasteiger partial charge in [-0.1, -0.05) is 6.92 Å². The van der Waals surface area contributed by atoms with Crippen LogP contribution in [0.25, 0.3) is 0 Å². The zero-order valence-corrected chi connectivity index (χ0v) is 10.0. The Balaban J connectivity index is 3.74. The molecule has 4 nitrogen and oxygen atoms in total. The van der Waals surface area contributed by atoms with Gasteiger partial charge in [0.1, 0.15) is 0 Å². The molecular weight excluding hydrogens is 194 g/mol. The minimum atomic E-state index is -0.724. The van der Waals surface area contributed by atoms with E-state index in [2.05, 4.69) is 11.8 Å². The van der Waals surface area contributed by atoms with Crippen LogP contribution < -0.4 is 0 Å². The van der Waals surface area contributed by atoms with Crippen molar-refractivity contribution in [1.29, 1.82) is 0 Å². The number of unbranched alkanes of at least 4 members (excludes halogenated alkanes) is 1. The number of carboxylic acid groups (broad SMARTS) is 1. The van der Waals surface area contributed by atoms with E-state index in [9.17, 15) is 4.79 Å². The lowest BCUT2D eigenvalue weighted by Crippen LogP contribution is -2.35. The number of hydrogen-bond acceptors (Lipinski definition) is 3. The van der Waals surface area contributed by atoms with Gasteiger partial charge in [0.25, 0.3) is 0 Å². The molecule has 0 saturated heterocycles. The van der Waals surface area contributed by atoms with Crippen molar-refractivity contribution in [2.75, 3.05) is 26.8 Å². The molecular formula is C11H23NO3. The molecule has 90 valence electrons. The smallest absolute Gasteiger partial charge is 0.304 e. The van der Waals surface area contributed by atoms with E-state index in [1.165, 1.54) is 0 Å². The maximum atomic E-state index is 10.6. The van der Waals surface area contributed by atoms with Crippen molar-refractivity contribution in [3.63, 3.8) is 0 Å². The second-order valence-electron chi connectivity index (χ2n) is 3.78. The Kier molecular flexibility index (Phi) is 8.33. The van der Waals surface area contributed by atoms with Gasteiger partial charge in [-0.25, -0.2) is 0 Å². The van der Waals surface area contributed by atoms with E-state index in [4.69, 9.17) is 9.84 Å². The molecule has 1 unspecified atom stereocenters. The number of aliphatic carboxylic acids is 1. The summed E-state index contributed by atoms with van der Waals surface area (Å²) in [6.45, 7) is 6.67. The van der Waals surface area contributed by atoms with E-state index in [0.717, 1.165) is 32.5 Å². The maximum Gasteiger partial charge on any atom is 0.304 e. The highest BCUT2D eigenvalue weighted by Crippen LogP contribution is 2.05. The van der Waals surface area contributed by atoms with Crippen LogP contribution in [-0.4, -0.2) is 48.8 Å². The number of carboxylic acids is 1. The average molecular weight is 217 g/mol. The fraction of sp³-hybridized carbons (Fsp3) is 0.909. The molecule has 0 rings (SSSR count). The zero-order chi connectivity index (χ0) is 11.7. The Bertz CT molecular complexity index is 173. The summed E-state index contributed by atoms with van der Waals surface area (Å²) in [6.07, 6.45) is 2.32. The molecule has 0 aromatic rings. The molecule has 0 aliphatic rings. The minimum Gasteiger partial charge on any atom is -0.481 e. The molecule has 0 spiro atoms. The molecule has 0 aliphatic carbocycles. The van der Waals surface area contributed by atoms with Gasteiger partial charge in [0.2, 0.25) is 0 Å². The molecule has 0 amide bonds. The maximum absolute atomic E-state index is 10.6. The summed E-state index contributed by atoms with van der Waals surface area (Å²) in [5, 5.41) is 8.69. The van der Waals surface area contributed by atoms with Gasteiger partial charge in [-0.15, -0.1) is 0 Å². The van der Waals surface area contributed by atoms with E-state index < -0.39 is 5.97 Å². The summed E-state index contributed by atoms with van der Waals surface area (Å²) in [5.41, 5.74) is 0. The van der Waals surface area contributed by atoms with Gasteiger partial charge in [0.15, 0.2) is 0 Å². The van der Waals surface area contributed by atoms with Crippen LogP contribution in [0.1, 0.15) is 33.1 Å². The summed E-state index contributed by atoms with van der Waals surface area (Å²) in [7, 11) is 1.70.